The fourth-order valence-electron chi connectivity index (χ4n) is 1.30. The van der Waals surface area contributed by atoms with Gasteiger partial charge in [0, 0.05) is 6.54 Å². The maximum absolute atomic E-state index is 7.07. The number of nitrogens with one attached hydrogen (secondary N) is 2. The molecule has 3 heteroatoms. The first-order valence-electron chi connectivity index (χ1n) is 4.73. The number of benzene rings is 1. The zero-order chi connectivity index (χ0) is 10.4. The molecule has 1 aromatic rings. The van der Waals surface area contributed by atoms with Crippen LogP contribution in [0.15, 0.2) is 24.3 Å². The summed E-state index contributed by atoms with van der Waals surface area (Å²) >= 11 is 0. The van der Waals surface area contributed by atoms with Crippen molar-refractivity contribution in [3.63, 3.8) is 0 Å². The van der Waals surface area contributed by atoms with Crippen LogP contribution in [0, 0.1) is 11.8 Å². The van der Waals surface area contributed by atoms with Gasteiger partial charge in [0.25, 0.3) is 0 Å². The maximum Gasteiger partial charge on any atom is 0.185 e. The Morgan fingerprint density at radius 1 is 1.50 bits per heavy atom. The first kappa shape index (κ1) is 10.6. The fraction of sp³-hybridized carbons (Fsp3) is 0.273. The van der Waals surface area contributed by atoms with E-state index in [-0.39, 0.29) is 5.96 Å². The minimum absolute atomic E-state index is 0.0105. The quantitative estimate of drug-likeness (QED) is 0.499. The molecule has 0 fully saturated rings. The highest BCUT2D eigenvalue weighted by Crippen LogP contribution is 2.12. The standard InChI is InChI=1S/C11H16N3/c1-2-5-9-6-3-4-7-10(9)8-14-11(12)13/h3-7H,2,8H2,1H3,(H4,12,13,14). The molecule has 0 atom stereocenters. The van der Waals surface area contributed by atoms with Crippen LogP contribution in [-0.4, -0.2) is 5.96 Å². The van der Waals surface area contributed by atoms with Gasteiger partial charge in [0.05, 0.1) is 0 Å². The van der Waals surface area contributed by atoms with Crippen molar-refractivity contribution in [3.05, 3.63) is 41.8 Å². The average Bonchev–Trinajstić information content (AvgIpc) is 2.17. The monoisotopic (exact) mass is 190 g/mol. The van der Waals surface area contributed by atoms with E-state index in [4.69, 9.17) is 11.1 Å². The van der Waals surface area contributed by atoms with Gasteiger partial charge in [0.15, 0.2) is 5.96 Å². The van der Waals surface area contributed by atoms with Gasteiger partial charge in [-0.25, -0.2) is 0 Å². The summed E-state index contributed by atoms with van der Waals surface area (Å²) in [6, 6.07) is 8.11. The Balaban J connectivity index is 2.68. The Bertz CT molecular complexity index is 307. The third kappa shape index (κ3) is 3.09. The van der Waals surface area contributed by atoms with Gasteiger partial charge in [-0.3, -0.25) is 5.41 Å². The van der Waals surface area contributed by atoms with E-state index in [1.165, 1.54) is 11.1 Å². The van der Waals surface area contributed by atoms with Crippen molar-refractivity contribution in [2.75, 3.05) is 0 Å². The van der Waals surface area contributed by atoms with Crippen LogP contribution in [0.5, 0.6) is 0 Å². The van der Waals surface area contributed by atoms with Crippen molar-refractivity contribution >= 4 is 5.96 Å². The van der Waals surface area contributed by atoms with Gasteiger partial charge in [0.2, 0.25) is 0 Å². The van der Waals surface area contributed by atoms with Gasteiger partial charge in [-0.15, -0.1) is 0 Å². The highest BCUT2D eigenvalue weighted by atomic mass is 15.0. The van der Waals surface area contributed by atoms with E-state index < -0.39 is 0 Å². The van der Waals surface area contributed by atoms with E-state index >= 15 is 0 Å². The SMILES string of the molecule is CC[CH]c1ccccc1CNC(=N)N. The van der Waals surface area contributed by atoms with E-state index in [0.717, 1.165) is 6.42 Å². The Morgan fingerprint density at radius 3 is 2.86 bits per heavy atom. The Morgan fingerprint density at radius 2 is 2.21 bits per heavy atom. The van der Waals surface area contributed by atoms with Crippen molar-refractivity contribution in [2.45, 2.75) is 19.9 Å². The third-order valence-electron chi connectivity index (χ3n) is 1.95. The highest BCUT2D eigenvalue weighted by Gasteiger charge is 2.00. The topological polar surface area (TPSA) is 61.9 Å². The molecule has 0 aliphatic heterocycles. The minimum atomic E-state index is 0.0105. The molecular formula is C11H16N3. The summed E-state index contributed by atoms with van der Waals surface area (Å²) in [4.78, 5) is 0. The van der Waals surface area contributed by atoms with Gasteiger partial charge in [0.1, 0.15) is 0 Å². The van der Waals surface area contributed by atoms with Crippen LogP contribution in [0.25, 0.3) is 0 Å². The smallest absolute Gasteiger partial charge is 0.185 e. The normalized spacial score (nSPS) is 9.79. The molecule has 0 saturated heterocycles. The molecule has 0 aromatic heterocycles. The van der Waals surface area contributed by atoms with E-state index in [2.05, 4.69) is 24.7 Å². The molecule has 0 bridgehead atoms. The molecule has 75 valence electrons. The summed E-state index contributed by atoms with van der Waals surface area (Å²) in [6.07, 6.45) is 3.17. The van der Waals surface area contributed by atoms with E-state index in [1.807, 2.05) is 18.2 Å². The molecule has 14 heavy (non-hydrogen) atoms. The number of hydrogen-bond donors (Lipinski definition) is 3. The molecule has 0 heterocycles. The van der Waals surface area contributed by atoms with E-state index in [9.17, 15) is 0 Å². The average molecular weight is 190 g/mol. The van der Waals surface area contributed by atoms with Crippen LogP contribution in [0.3, 0.4) is 0 Å². The summed E-state index contributed by atoms with van der Waals surface area (Å²) < 4.78 is 0. The van der Waals surface area contributed by atoms with Crippen LogP contribution in [0.2, 0.25) is 0 Å². The van der Waals surface area contributed by atoms with Gasteiger partial charge in [-0.1, -0.05) is 31.2 Å². The number of hydrogen-bond acceptors (Lipinski definition) is 1. The van der Waals surface area contributed by atoms with E-state index in [0.29, 0.717) is 6.54 Å². The Hall–Kier alpha value is -1.51. The molecule has 1 aromatic carbocycles. The first-order valence-corrected chi connectivity index (χ1v) is 4.73. The van der Waals surface area contributed by atoms with Gasteiger partial charge in [-0.05, 0) is 24.0 Å². The van der Waals surface area contributed by atoms with Crippen LogP contribution in [0.4, 0.5) is 0 Å². The molecule has 0 unspecified atom stereocenters. The lowest BCUT2D eigenvalue weighted by atomic mass is 10.0. The van der Waals surface area contributed by atoms with Gasteiger partial charge >= 0.3 is 0 Å². The first-order chi connectivity index (χ1) is 6.74. The van der Waals surface area contributed by atoms with Crippen LogP contribution < -0.4 is 11.1 Å². The molecule has 3 nitrogen and oxygen atoms in total. The largest absolute Gasteiger partial charge is 0.370 e. The van der Waals surface area contributed by atoms with Gasteiger partial charge in [-0.2, -0.15) is 0 Å². The lowest BCUT2D eigenvalue weighted by molar-refractivity contribution is 0.886. The predicted octanol–water partition coefficient (Wildman–Crippen LogP) is 1.63. The molecule has 4 N–H and O–H groups in total. The summed E-state index contributed by atoms with van der Waals surface area (Å²) in [5.74, 6) is 0.0105. The molecule has 0 spiro atoms. The second-order valence-electron chi connectivity index (χ2n) is 3.08. The zero-order valence-corrected chi connectivity index (χ0v) is 8.38. The van der Waals surface area contributed by atoms with Crippen molar-refractivity contribution in [1.82, 2.24) is 5.32 Å². The van der Waals surface area contributed by atoms with Crippen LogP contribution >= 0.6 is 0 Å². The second kappa shape index (κ2) is 5.27. The molecular weight excluding hydrogens is 174 g/mol. The highest BCUT2D eigenvalue weighted by molar-refractivity contribution is 5.74. The summed E-state index contributed by atoms with van der Waals surface area (Å²) in [5, 5.41) is 9.87. The zero-order valence-electron chi connectivity index (χ0n) is 8.38. The number of rotatable bonds is 4. The number of guanidine groups is 1. The maximum atomic E-state index is 7.07. The molecule has 1 radical (unpaired) electrons. The van der Waals surface area contributed by atoms with Crippen molar-refractivity contribution in [3.8, 4) is 0 Å². The lowest BCUT2D eigenvalue weighted by Crippen LogP contribution is -2.29. The van der Waals surface area contributed by atoms with Crippen molar-refractivity contribution < 1.29 is 0 Å². The Labute approximate surface area is 84.8 Å². The third-order valence-corrected chi connectivity index (χ3v) is 1.95. The molecule has 0 amide bonds. The van der Waals surface area contributed by atoms with Gasteiger partial charge < -0.3 is 11.1 Å². The lowest BCUT2D eigenvalue weighted by Gasteiger charge is -2.09. The molecule has 0 aliphatic rings. The predicted molar refractivity (Wildman–Crippen MR) is 58.9 cm³/mol. The molecule has 1 rings (SSSR count). The Kier molecular flexibility index (Phi) is 3.98. The summed E-state index contributed by atoms with van der Waals surface area (Å²) in [7, 11) is 0. The van der Waals surface area contributed by atoms with Crippen molar-refractivity contribution in [1.29, 1.82) is 5.41 Å². The molecule has 0 saturated carbocycles. The summed E-state index contributed by atoms with van der Waals surface area (Å²) in [6.45, 7) is 2.72. The fourth-order valence-corrected chi connectivity index (χ4v) is 1.30. The van der Waals surface area contributed by atoms with Crippen LogP contribution in [0.1, 0.15) is 24.5 Å². The second-order valence-corrected chi connectivity index (χ2v) is 3.08. The molecule has 0 aliphatic carbocycles. The summed E-state index contributed by atoms with van der Waals surface area (Å²) in [5.41, 5.74) is 7.61. The van der Waals surface area contributed by atoms with E-state index in [1.54, 1.807) is 0 Å². The number of nitrogens with two attached hydrogens (primary N) is 1. The van der Waals surface area contributed by atoms with Crippen LogP contribution in [-0.2, 0) is 6.54 Å². The minimum Gasteiger partial charge on any atom is -0.370 e. The van der Waals surface area contributed by atoms with Crippen molar-refractivity contribution in [2.24, 2.45) is 5.73 Å².